The van der Waals surface area contributed by atoms with Crippen molar-refractivity contribution in [3.8, 4) is 0 Å². The van der Waals surface area contributed by atoms with E-state index >= 15 is 0 Å². The van der Waals surface area contributed by atoms with E-state index in [1.807, 2.05) is 12.2 Å². The first-order chi connectivity index (χ1) is 11.3. The molecule has 0 radical (unpaired) electrons. The van der Waals surface area contributed by atoms with Gasteiger partial charge >= 0.3 is 0 Å². The molecule has 2 aromatic rings. The fourth-order valence-electron chi connectivity index (χ4n) is 3.15. The zero-order chi connectivity index (χ0) is 16.1. The monoisotopic (exact) mass is 342 g/mol. The molecule has 118 valence electrons. The number of fused-ring (bicyclic) bond motifs is 2. The average Bonchev–Trinajstić information content (AvgIpc) is 2.76. The Balaban J connectivity index is 1.93. The molecule has 2 heteroatoms. The summed E-state index contributed by atoms with van der Waals surface area (Å²) in [6.45, 7) is 0. The largest absolute Gasteiger partial charge is 0.122 e. The molecule has 0 amide bonds. The molecule has 0 atom stereocenters. The fourth-order valence-corrected chi connectivity index (χ4v) is 3.33. The van der Waals surface area contributed by atoms with Gasteiger partial charge in [0.15, 0.2) is 0 Å². The number of benzene rings is 2. The lowest BCUT2D eigenvalue weighted by atomic mass is 9.97. The van der Waals surface area contributed by atoms with Crippen molar-refractivity contribution in [2.75, 3.05) is 11.8 Å². The predicted molar refractivity (Wildman–Crippen MR) is 103 cm³/mol. The van der Waals surface area contributed by atoms with Crippen molar-refractivity contribution in [3.05, 3.63) is 81.9 Å². The molecule has 0 aliphatic heterocycles. The van der Waals surface area contributed by atoms with E-state index in [4.69, 9.17) is 23.2 Å². The first-order valence-corrected chi connectivity index (χ1v) is 9.05. The third-order valence-corrected chi connectivity index (χ3v) is 4.66. The molecule has 0 spiro atoms. The van der Waals surface area contributed by atoms with Crippen LogP contribution in [-0.2, 0) is 19.3 Å². The summed E-state index contributed by atoms with van der Waals surface area (Å²) in [5.41, 5.74) is 8.24. The van der Waals surface area contributed by atoms with Gasteiger partial charge in [-0.2, -0.15) is 0 Å². The van der Waals surface area contributed by atoms with E-state index in [9.17, 15) is 0 Å². The van der Waals surface area contributed by atoms with Gasteiger partial charge in [0, 0.05) is 11.8 Å². The van der Waals surface area contributed by atoms with E-state index in [1.165, 1.54) is 33.4 Å². The zero-order valence-electron chi connectivity index (χ0n) is 13.1. The van der Waals surface area contributed by atoms with Crippen LogP contribution < -0.4 is 0 Å². The molecule has 2 aromatic carbocycles. The normalized spacial score (nSPS) is 14.0. The molecule has 0 bridgehead atoms. The van der Waals surface area contributed by atoms with E-state index in [0.717, 1.165) is 19.3 Å². The van der Waals surface area contributed by atoms with Crippen molar-refractivity contribution >= 4 is 35.4 Å². The maximum atomic E-state index is 5.74. The SMILES string of the molecule is ClCC=Cc1ccc2c(c1)Cc1cc(C=CCCl)ccc1CC2. The third kappa shape index (κ3) is 4.07. The van der Waals surface area contributed by atoms with E-state index < -0.39 is 0 Å². The lowest BCUT2D eigenvalue weighted by Gasteiger charge is -2.08. The maximum Gasteiger partial charge on any atom is 0.0407 e. The van der Waals surface area contributed by atoms with Gasteiger partial charge in [-0.3, -0.25) is 0 Å². The average molecular weight is 343 g/mol. The number of halogens is 2. The molecule has 1 aliphatic carbocycles. The van der Waals surface area contributed by atoms with Crippen molar-refractivity contribution in [1.29, 1.82) is 0 Å². The minimum absolute atomic E-state index is 0.552. The molecule has 0 heterocycles. The van der Waals surface area contributed by atoms with Gasteiger partial charge in [-0.05, 0) is 52.6 Å². The first kappa shape index (κ1) is 16.4. The lowest BCUT2D eigenvalue weighted by Crippen LogP contribution is -1.94. The number of rotatable bonds is 4. The second kappa shape index (κ2) is 7.86. The summed E-state index contributed by atoms with van der Waals surface area (Å²) in [5.74, 6) is 1.10. The Labute approximate surface area is 148 Å². The number of allylic oxidation sites excluding steroid dienone is 2. The second-order valence-corrected chi connectivity index (χ2v) is 6.46. The lowest BCUT2D eigenvalue weighted by molar-refractivity contribution is 0.965. The van der Waals surface area contributed by atoms with Gasteiger partial charge in [-0.15, -0.1) is 23.2 Å². The van der Waals surface area contributed by atoms with E-state index in [1.54, 1.807) is 0 Å². The summed E-state index contributed by atoms with van der Waals surface area (Å²) >= 11 is 11.5. The van der Waals surface area contributed by atoms with Crippen molar-refractivity contribution in [3.63, 3.8) is 0 Å². The Morgan fingerprint density at radius 3 is 1.61 bits per heavy atom. The van der Waals surface area contributed by atoms with Crippen molar-refractivity contribution in [1.82, 2.24) is 0 Å². The van der Waals surface area contributed by atoms with Gasteiger partial charge < -0.3 is 0 Å². The number of aryl methyl sites for hydroxylation is 2. The third-order valence-electron chi connectivity index (χ3n) is 4.30. The Bertz CT molecular complexity index is 678. The predicted octanol–water partition coefficient (Wildman–Crippen LogP) is 5.88. The summed E-state index contributed by atoms with van der Waals surface area (Å²) < 4.78 is 0. The van der Waals surface area contributed by atoms with Crippen LogP contribution in [0.25, 0.3) is 12.2 Å². The second-order valence-electron chi connectivity index (χ2n) is 5.85. The van der Waals surface area contributed by atoms with Crippen LogP contribution in [0.2, 0.25) is 0 Å². The Morgan fingerprint density at radius 2 is 1.17 bits per heavy atom. The molecule has 0 saturated carbocycles. The minimum Gasteiger partial charge on any atom is -0.122 e. The molecule has 0 fully saturated rings. The van der Waals surface area contributed by atoms with Gasteiger partial charge in [0.1, 0.15) is 0 Å². The van der Waals surface area contributed by atoms with Gasteiger partial charge in [0.2, 0.25) is 0 Å². The molecular formula is C21H20Cl2. The summed E-state index contributed by atoms with van der Waals surface area (Å²) in [6.07, 6.45) is 11.4. The summed E-state index contributed by atoms with van der Waals surface area (Å²) in [4.78, 5) is 0. The van der Waals surface area contributed by atoms with Gasteiger partial charge in [0.25, 0.3) is 0 Å². The highest BCUT2D eigenvalue weighted by Crippen LogP contribution is 2.27. The van der Waals surface area contributed by atoms with Crippen LogP contribution >= 0.6 is 23.2 Å². The van der Waals surface area contributed by atoms with Crippen LogP contribution in [0.4, 0.5) is 0 Å². The molecule has 1 aliphatic rings. The molecule has 0 unspecified atom stereocenters. The van der Waals surface area contributed by atoms with Crippen LogP contribution in [0, 0.1) is 0 Å². The van der Waals surface area contributed by atoms with Crippen LogP contribution in [0.3, 0.4) is 0 Å². The van der Waals surface area contributed by atoms with Gasteiger partial charge in [-0.25, -0.2) is 0 Å². The molecule has 0 nitrogen and oxygen atoms in total. The van der Waals surface area contributed by atoms with Crippen LogP contribution in [-0.4, -0.2) is 11.8 Å². The minimum atomic E-state index is 0.552. The Morgan fingerprint density at radius 1 is 0.696 bits per heavy atom. The Kier molecular flexibility index (Phi) is 5.59. The topological polar surface area (TPSA) is 0 Å². The van der Waals surface area contributed by atoms with E-state index in [2.05, 4.69) is 48.6 Å². The highest BCUT2D eigenvalue weighted by molar-refractivity contribution is 6.19. The van der Waals surface area contributed by atoms with Crippen LogP contribution in [0.5, 0.6) is 0 Å². The maximum absolute atomic E-state index is 5.74. The van der Waals surface area contributed by atoms with Crippen molar-refractivity contribution in [2.24, 2.45) is 0 Å². The standard InChI is InChI=1S/C21H20Cl2/c22-11-1-3-16-5-7-18-9-10-19-8-6-17(4-2-12-23)14-21(19)15-20(18)13-16/h1-8,13-14H,9-12,15H2. The van der Waals surface area contributed by atoms with Crippen LogP contribution in [0.15, 0.2) is 48.6 Å². The zero-order valence-corrected chi connectivity index (χ0v) is 14.6. The molecule has 23 heavy (non-hydrogen) atoms. The summed E-state index contributed by atoms with van der Waals surface area (Å²) in [5, 5.41) is 0. The quantitative estimate of drug-likeness (QED) is 0.608. The molecule has 0 N–H and O–H groups in total. The summed E-state index contributed by atoms with van der Waals surface area (Å²) in [7, 11) is 0. The Hall–Kier alpha value is -1.50. The molecule has 0 aromatic heterocycles. The van der Waals surface area contributed by atoms with Gasteiger partial charge in [-0.1, -0.05) is 60.7 Å². The highest BCUT2D eigenvalue weighted by atomic mass is 35.5. The van der Waals surface area contributed by atoms with Crippen molar-refractivity contribution < 1.29 is 0 Å². The fraction of sp³-hybridized carbons (Fsp3) is 0.238. The molecular weight excluding hydrogens is 323 g/mol. The first-order valence-electron chi connectivity index (χ1n) is 7.99. The van der Waals surface area contributed by atoms with Gasteiger partial charge in [0.05, 0.1) is 0 Å². The van der Waals surface area contributed by atoms with E-state index in [0.29, 0.717) is 11.8 Å². The van der Waals surface area contributed by atoms with E-state index in [-0.39, 0.29) is 0 Å². The smallest absolute Gasteiger partial charge is 0.0407 e. The molecule has 0 saturated heterocycles. The summed E-state index contributed by atoms with van der Waals surface area (Å²) in [6, 6.07) is 13.5. The van der Waals surface area contributed by atoms with Crippen LogP contribution in [0.1, 0.15) is 33.4 Å². The molecule has 3 rings (SSSR count). The number of hydrogen-bond acceptors (Lipinski definition) is 0. The number of hydrogen-bond donors (Lipinski definition) is 0. The number of alkyl halides is 2. The highest BCUT2D eigenvalue weighted by Gasteiger charge is 2.13. The van der Waals surface area contributed by atoms with Crippen molar-refractivity contribution in [2.45, 2.75) is 19.3 Å².